The topological polar surface area (TPSA) is 101 Å². The van der Waals surface area contributed by atoms with E-state index in [2.05, 4.69) is 20.6 Å². The fraction of sp³-hybridized carbons (Fsp3) is 0.458. The van der Waals surface area contributed by atoms with Crippen molar-refractivity contribution in [3.8, 4) is 0 Å². The van der Waals surface area contributed by atoms with Crippen molar-refractivity contribution in [2.24, 2.45) is 10.7 Å². The summed E-state index contributed by atoms with van der Waals surface area (Å²) in [6, 6.07) is 3.02. The third-order valence-corrected chi connectivity index (χ3v) is 6.18. The lowest BCUT2D eigenvalue weighted by Crippen LogP contribution is -2.58. The van der Waals surface area contributed by atoms with Crippen molar-refractivity contribution in [3.05, 3.63) is 68.8 Å². The Bertz CT molecular complexity index is 1260. The van der Waals surface area contributed by atoms with Crippen molar-refractivity contribution in [2.45, 2.75) is 57.4 Å². The first-order chi connectivity index (χ1) is 16.2. The molecular formula is C24H30F3N6O+. The number of aromatic nitrogens is 2. The lowest BCUT2D eigenvalue weighted by atomic mass is 9.92. The minimum atomic E-state index is -4.43. The van der Waals surface area contributed by atoms with Gasteiger partial charge in [-0.25, -0.2) is 4.99 Å². The summed E-state index contributed by atoms with van der Waals surface area (Å²) in [6.45, 7) is 4.67. The van der Waals surface area contributed by atoms with Gasteiger partial charge in [0.15, 0.2) is 0 Å². The van der Waals surface area contributed by atoms with Crippen molar-refractivity contribution in [1.29, 1.82) is 0 Å². The molecule has 0 spiro atoms. The van der Waals surface area contributed by atoms with Gasteiger partial charge in [0, 0.05) is 30.7 Å². The van der Waals surface area contributed by atoms with E-state index in [1.54, 1.807) is 37.5 Å². The molecule has 5 N–H and O–H groups in total. The average molecular weight is 476 g/mol. The summed E-state index contributed by atoms with van der Waals surface area (Å²) in [5.41, 5.74) is 8.89. The molecule has 2 atom stereocenters. The molecule has 0 bridgehead atoms. The number of nitrogens with two attached hydrogens (primary N) is 1. The van der Waals surface area contributed by atoms with E-state index in [1.165, 1.54) is 4.24 Å². The van der Waals surface area contributed by atoms with Crippen LogP contribution in [0.5, 0.6) is 0 Å². The molecule has 2 aromatic rings. The predicted molar refractivity (Wildman–Crippen MR) is 123 cm³/mol. The highest BCUT2D eigenvalue weighted by atomic mass is 19.4. The second kappa shape index (κ2) is 9.81. The number of alkyl halides is 3. The number of nitrogens with zero attached hydrogens (tertiary/aromatic N) is 2. The van der Waals surface area contributed by atoms with Gasteiger partial charge in [0.05, 0.1) is 17.5 Å². The first kappa shape index (κ1) is 24.3. The average Bonchev–Trinajstić information content (AvgIpc) is 3.14. The molecule has 10 heteroatoms. The third-order valence-electron chi connectivity index (χ3n) is 6.18. The Balaban J connectivity index is 1.72. The van der Waals surface area contributed by atoms with Crippen LogP contribution in [0.1, 0.15) is 55.0 Å². The second-order valence-electron chi connectivity index (χ2n) is 8.95. The second-order valence-corrected chi connectivity index (χ2v) is 8.95. The molecule has 1 aromatic heterocycles. The van der Waals surface area contributed by atoms with Gasteiger partial charge in [-0.1, -0.05) is 12.1 Å². The Hall–Kier alpha value is -2.82. The number of fused-ring (bicyclic) bond motifs is 1. The highest BCUT2D eigenvalue weighted by molar-refractivity contribution is 5.83. The molecule has 34 heavy (non-hydrogen) atoms. The molecule has 3 heterocycles. The number of aromatic amines is 1. The van der Waals surface area contributed by atoms with Crippen molar-refractivity contribution >= 4 is 11.8 Å². The normalized spacial score (nSPS) is 18.2. The summed E-state index contributed by atoms with van der Waals surface area (Å²) in [5.74, 6) is 0. The lowest BCUT2D eigenvalue weighted by molar-refractivity contribution is -0.531. The molecule has 0 saturated carbocycles. The number of hydrogen-bond donors (Lipinski definition) is 4. The number of hydrogen-bond acceptors (Lipinski definition) is 5. The Kier molecular flexibility index (Phi) is 7.01. The molecule has 0 aliphatic carbocycles. The van der Waals surface area contributed by atoms with Crippen LogP contribution in [-0.2, 0) is 6.42 Å². The number of nitrogens with one attached hydrogen (secondary N) is 3. The molecule has 1 unspecified atom stereocenters. The SMILES string of the molecule is CC=[n+]1cc2c([nH]c1=O)=NC(c1ccc(C(NC3CNC3)C(F)(F)F)c(CCC[C@H](C)N)c1)=C2. The van der Waals surface area contributed by atoms with Crippen molar-refractivity contribution in [1.82, 2.24) is 15.6 Å². The molecule has 0 amide bonds. The van der Waals surface area contributed by atoms with Crippen LogP contribution in [0.2, 0.25) is 0 Å². The van der Waals surface area contributed by atoms with Crippen LogP contribution >= 0.6 is 0 Å². The van der Waals surface area contributed by atoms with Crippen LogP contribution in [0.4, 0.5) is 13.2 Å². The number of benzene rings is 1. The van der Waals surface area contributed by atoms with Gasteiger partial charge < -0.3 is 11.1 Å². The number of aryl methyl sites for hydroxylation is 1. The maximum atomic E-state index is 14.1. The molecule has 0 radical (unpaired) electrons. The summed E-state index contributed by atoms with van der Waals surface area (Å²) < 4.78 is 43.6. The van der Waals surface area contributed by atoms with Crippen molar-refractivity contribution in [3.63, 3.8) is 0 Å². The van der Waals surface area contributed by atoms with E-state index in [0.717, 1.165) is 5.56 Å². The van der Waals surface area contributed by atoms with E-state index < -0.39 is 12.2 Å². The van der Waals surface area contributed by atoms with E-state index in [-0.39, 0.29) is 23.3 Å². The van der Waals surface area contributed by atoms with Gasteiger partial charge in [0.2, 0.25) is 5.49 Å². The first-order valence-corrected chi connectivity index (χ1v) is 11.5. The number of rotatable bonds is 8. The quantitative estimate of drug-likeness (QED) is 0.436. The minimum absolute atomic E-state index is 0.0230. The highest BCUT2D eigenvalue weighted by Crippen LogP contribution is 2.37. The van der Waals surface area contributed by atoms with Crippen LogP contribution < -0.4 is 31.8 Å². The van der Waals surface area contributed by atoms with E-state index >= 15 is 0 Å². The van der Waals surface area contributed by atoms with Crippen molar-refractivity contribution < 1.29 is 17.4 Å². The highest BCUT2D eigenvalue weighted by Gasteiger charge is 2.43. The maximum Gasteiger partial charge on any atom is 0.501 e. The monoisotopic (exact) mass is 475 g/mol. The Morgan fingerprint density at radius 2 is 2.12 bits per heavy atom. The molecule has 7 nitrogen and oxygen atoms in total. The molecule has 2 aliphatic rings. The Morgan fingerprint density at radius 1 is 1.35 bits per heavy atom. The lowest BCUT2D eigenvalue weighted by Gasteiger charge is -2.34. The summed E-state index contributed by atoms with van der Waals surface area (Å²) in [4.78, 5) is 19.3. The van der Waals surface area contributed by atoms with Crippen LogP contribution in [0, 0.1) is 6.21 Å². The zero-order valence-corrected chi connectivity index (χ0v) is 19.2. The smallest absolute Gasteiger partial charge is 0.328 e. The van der Waals surface area contributed by atoms with E-state index in [4.69, 9.17) is 5.73 Å². The van der Waals surface area contributed by atoms with Crippen molar-refractivity contribution in [2.75, 3.05) is 13.1 Å². The molecule has 182 valence electrons. The summed E-state index contributed by atoms with van der Waals surface area (Å²) >= 11 is 0. The zero-order chi connectivity index (χ0) is 24.5. The molecule has 4 rings (SSSR count). The van der Waals surface area contributed by atoms with Gasteiger partial charge in [0.25, 0.3) is 0 Å². The molecular weight excluding hydrogens is 445 g/mol. The molecule has 1 aromatic carbocycles. The largest absolute Gasteiger partial charge is 0.501 e. The summed E-state index contributed by atoms with van der Waals surface area (Å²) in [6.07, 6.45) is 2.59. The molecule has 2 aliphatic heterocycles. The van der Waals surface area contributed by atoms with Crippen LogP contribution in [0.25, 0.3) is 11.8 Å². The Labute approximate surface area is 195 Å². The van der Waals surface area contributed by atoms with Gasteiger partial charge in [-0.3, -0.25) is 5.32 Å². The number of halogens is 3. The third kappa shape index (κ3) is 5.29. The molecule has 1 fully saturated rings. The minimum Gasteiger partial charge on any atom is -0.328 e. The fourth-order valence-electron chi connectivity index (χ4n) is 4.23. The molecule has 1 saturated heterocycles. The van der Waals surface area contributed by atoms with Gasteiger partial charge in [-0.05, 0) is 56.4 Å². The Morgan fingerprint density at radius 3 is 2.74 bits per heavy atom. The standard InChI is InChI=1S/C24H29F3N6O/c1-3-33-13-17-10-20(31-22(17)32-23(33)34)16-7-8-19(15(9-16)6-4-5-14(2)28)21(24(25,26)27)30-18-11-29-12-18/h3,7-10,13-14,18,21,29-30H,4-6,11-12,28H2,1-2H3/p+1/t14-,21?/m0/s1. The van der Waals surface area contributed by atoms with Gasteiger partial charge in [0.1, 0.15) is 12.2 Å². The van der Waals surface area contributed by atoms with Gasteiger partial charge in [-0.2, -0.15) is 27.2 Å². The van der Waals surface area contributed by atoms with E-state index in [1.807, 2.05) is 13.0 Å². The zero-order valence-electron chi connectivity index (χ0n) is 19.2. The van der Waals surface area contributed by atoms with E-state index in [9.17, 15) is 18.0 Å². The van der Waals surface area contributed by atoms with Crippen LogP contribution in [0.3, 0.4) is 0 Å². The fourth-order valence-corrected chi connectivity index (χ4v) is 4.23. The maximum absolute atomic E-state index is 14.1. The van der Waals surface area contributed by atoms with Crippen LogP contribution in [-0.4, -0.2) is 36.3 Å². The van der Waals surface area contributed by atoms with E-state index in [0.29, 0.717) is 54.7 Å². The number of H-pyrrole nitrogens is 1. The van der Waals surface area contributed by atoms with Gasteiger partial charge >= 0.3 is 11.9 Å². The van der Waals surface area contributed by atoms with Gasteiger partial charge in [-0.15, -0.1) is 0 Å². The summed E-state index contributed by atoms with van der Waals surface area (Å²) in [5, 5.41) is 5.78. The van der Waals surface area contributed by atoms with Crippen LogP contribution in [0.15, 0.2) is 34.2 Å². The predicted octanol–water partition coefficient (Wildman–Crippen LogP) is 1.66. The first-order valence-electron chi connectivity index (χ1n) is 11.5. The summed E-state index contributed by atoms with van der Waals surface area (Å²) in [7, 11) is 0.